The van der Waals surface area contributed by atoms with Gasteiger partial charge in [0.1, 0.15) is 6.10 Å². The highest BCUT2D eigenvalue weighted by atomic mass is 16.5. The van der Waals surface area contributed by atoms with Crippen LogP contribution in [-0.4, -0.2) is 46.9 Å². The molecule has 0 saturated heterocycles. The Balaban J connectivity index is 4.71. The van der Waals surface area contributed by atoms with Crippen molar-refractivity contribution in [3.8, 4) is 0 Å². The zero-order valence-corrected chi connectivity index (χ0v) is 39.3. The topological polar surface area (TPSA) is 95.9 Å². The summed E-state index contributed by atoms with van der Waals surface area (Å²) in [5, 5.41) is 23.7. The van der Waals surface area contributed by atoms with Gasteiger partial charge in [0.25, 0.3) is 0 Å². The third-order valence-electron chi connectivity index (χ3n) is 11.1. The van der Waals surface area contributed by atoms with Gasteiger partial charge in [-0.05, 0) is 70.6 Å². The fraction of sp³-hybridized carbons (Fsp3) is 0.741. The van der Waals surface area contributed by atoms with E-state index in [1.54, 1.807) is 0 Å². The molecule has 0 aromatic rings. The lowest BCUT2D eigenvalue weighted by molar-refractivity contribution is -0.151. The highest BCUT2D eigenvalue weighted by Gasteiger charge is 2.24. The number of hydrogen-bond donors (Lipinski definition) is 3. The van der Waals surface area contributed by atoms with Crippen LogP contribution in [0.2, 0.25) is 0 Å². The number of allylic oxidation sites excluding steroid dienone is 12. The van der Waals surface area contributed by atoms with Gasteiger partial charge in [-0.2, -0.15) is 0 Å². The fourth-order valence-electron chi connectivity index (χ4n) is 7.28. The van der Waals surface area contributed by atoms with Crippen LogP contribution < -0.4 is 5.32 Å². The van der Waals surface area contributed by atoms with E-state index in [9.17, 15) is 19.8 Å². The van der Waals surface area contributed by atoms with Crippen molar-refractivity contribution in [1.29, 1.82) is 0 Å². The van der Waals surface area contributed by atoms with E-state index in [4.69, 9.17) is 4.74 Å². The second-order valence-corrected chi connectivity index (χ2v) is 17.0. The van der Waals surface area contributed by atoms with Crippen molar-refractivity contribution in [2.45, 2.75) is 251 Å². The molecule has 0 aromatic heterocycles. The molecule has 3 atom stereocenters. The smallest absolute Gasteiger partial charge is 0.306 e. The Morgan fingerprint density at radius 1 is 0.483 bits per heavy atom. The number of aliphatic hydroxyl groups is 2. The van der Waals surface area contributed by atoms with E-state index < -0.39 is 18.2 Å². The van der Waals surface area contributed by atoms with Crippen LogP contribution in [0.4, 0.5) is 0 Å². The Bertz CT molecular complexity index is 1120. The summed E-state index contributed by atoms with van der Waals surface area (Å²) in [5.74, 6) is -0.523. The van der Waals surface area contributed by atoms with Gasteiger partial charge in [0.05, 0.1) is 25.2 Å². The van der Waals surface area contributed by atoms with Gasteiger partial charge in [0.15, 0.2) is 0 Å². The third kappa shape index (κ3) is 42.0. The van der Waals surface area contributed by atoms with Crippen molar-refractivity contribution < 1.29 is 24.5 Å². The summed E-state index contributed by atoms with van der Waals surface area (Å²) >= 11 is 0. The molecule has 0 radical (unpaired) electrons. The Hall–Kier alpha value is -2.70. The molecule has 0 bridgehead atoms. The molecule has 0 spiro atoms. The molecule has 0 fully saturated rings. The second kappa shape index (κ2) is 47.4. The van der Waals surface area contributed by atoms with Crippen LogP contribution >= 0.6 is 0 Å². The Labute approximate surface area is 371 Å². The first-order chi connectivity index (χ1) is 29.5. The molecule has 3 N–H and O–H groups in total. The van der Waals surface area contributed by atoms with Crippen molar-refractivity contribution in [3.05, 3.63) is 72.9 Å². The predicted octanol–water partition coefficient (Wildman–Crippen LogP) is 15.0. The Kier molecular flexibility index (Phi) is 45.2. The lowest BCUT2D eigenvalue weighted by Gasteiger charge is -2.24. The van der Waals surface area contributed by atoms with E-state index in [2.05, 4.69) is 62.5 Å². The normalized spacial score (nSPS) is 13.9. The molecular weight excluding hydrogens is 743 g/mol. The molecule has 6 heteroatoms. The van der Waals surface area contributed by atoms with E-state index in [1.165, 1.54) is 116 Å². The Morgan fingerprint density at radius 3 is 1.43 bits per heavy atom. The summed E-state index contributed by atoms with van der Waals surface area (Å²) in [6.07, 6.45) is 59.5. The van der Waals surface area contributed by atoms with Crippen LogP contribution in [0.15, 0.2) is 72.9 Å². The molecule has 0 aliphatic heterocycles. The van der Waals surface area contributed by atoms with Gasteiger partial charge in [0.2, 0.25) is 5.91 Å². The number of rotatable bonds is 44. The van der Waals surface area contributed by atoms with Gasteiger partial charge in [-0.25, -0.2) is 0 Å². The van der Waals surface area contributed by atoms with E-state index in [0.29, 0.717) is 19.3 Å². The second-order valence-electron chi connectivity index (χ2n) is 17.0. The predicted molar refractivity (Wildman–Crippen MR) is 259 cm³/mol. The quantitative estimate of drug-likeness (QED) is 0.0246. The minimum Gasteiger partial charge on any atom is -0.462 e. The van der Waals surface area contributed by atoms with Crippen molar-refractivity contribution >= 4 is 11.9 Å². The van der Waals surface area contributed by atoms with Crippen LogP contribution in [0.1, 0.15) is 233 Å². The highest BCUT2D eigenvalue weighted by Crippen LogP contribution is 2.17. The summed E-state index contributed by atoms with van der Waals surface area (Å²) in [4.78, 5) is 26.1. The lowest BCUT2D eigenvalue weighted by Crippen LogP contribution is -2.46. The number of hydrogen-bond acceptors (Lipinski definition) is 5. The van der Waals surface area contributed by atoms with Crippen LogP contribution in [0.25, 0.3) is 0 Å². The number of ether oxygens (including phenoxy) is 1. The fourth-order valence-corrected chi connectivity index (χ4v) is 7.28. The number of amides is 1. The van der Waals surface area contributed by atoms with E-state index in [0.717, 1.165) is 70.6 Å². The van der Waals surface area contributed by atoms with Crippen LogP contribution in [0.3, 0.4) is 0 Å². The van der Waals surface area contributed by atoms with Gasteiger partial charge >= 0.3 is 5.97 Å². The van der Waals surface area contributed by atoms with Crippen molar-refractivity contribution in [1.82, 2.24) is 5.32 Å². The molecule has 6 nitrogen and oxygen atoms in total. The number of aliphatic hydroxyl groups excluding tert-OH is 2. The molecule has 0 saturated carbocycles. The van der Waals surface area contributed by atoms with Gasteiger partial charge < -0.3 is 20.3 Å². The largest absolute Gasteiger partial charge is 0.462 e. The van der Waals surface area contributed by atoms with Crippen LogP contribution in [0.5, 0.6) is 0 Å². The Morgan fingerprint density at radius 2 is 0.900 bits per heavy atom. The van der Waals surface area contributed by atoms with Gasteiger partial charge in [-0.3, -0.25) is 9.59 Å². The number of nitrogens with one attached hydrogen (secondary N) is 1. The lowest BCUT2D eigenvalue weighted by atomic mass is 10.0. The molecule has 3 unspecified atom stereocenters. The first-order valence-electron chi connectivity index (χ1n) is 25.2. The van der Waals surface area contributed by atoms with Crippen molar-refractivity contribution in [3.63, 3.8) is 0 Å². The number of carbonyl (C=O) groups excluding carboxylic acids is 2. The molecule has 60 heavy (non-hydrogen) atoms. The molecule has 0 aromatic carbocycles. The SMILES string of the molecule is CCC/C=C/C=C/C=C/C=C/C=C/CCCCCC(CC(=O)NC(CO)C(O)CCCCCCCCCCCC)OC(=O)CCCCCCCCC/C=C\CCCCCC. The van der Waals surface area contributed by atoms with Crippen molar-refractivity contribution in [2.24, 2.45) is 0 Å². The zero-order valence-electron chi connectivity index (χ0n) is 39.3. The number of carbonyl (C=O) groups is 2. The molecule has 1 amide bonds. The first kappa shape index (κ1) is 57.3. The first-order valence-corrected chi connectivity index (χ1v) is 25.2. The average Bonchev–Trinajstić information content (AvgIpc) is 3.24. The van der Waals surface area contributed by atoms with E-state index in [-0.39, 0.29) is 24.9 Å². The minimum atomic E-state index is -0.801. The molecule has 346 valence electrons. The third-order valence-corrected chi connectivity index (χ3v) is 11.1. The van der Waals surface area contributed by atoms with E-state index in [1.807, 2.05) is 36.5 Å². The molecule has 0 aliphatic rings. The van der Waals surface area contributed by atoms with Crippen LogP contribution in [-0.2, 0) is 14.3 Å². The van der Waals surface area contributed by atoms with E-state index >= 15 is 0 Å². The summed E-state index contributed by atoms with van der Waals surface area (Å²) in [5.41, 5.74) is 0. The maximum absolute atomic E-state index is 13.2. The number of unbranched alkanes of at least 4 members (excludes halogenated alkanes) is 24. The van der Waals surface area contributed by atoms with Gasteiger partial charge in [-0.1, -0.05) is 222 Å². The molecule has 0 aliphatic carbocycles. The average molecular weight is 838 g/mol. The molecule has 0 rings (SSSR count). The zero-order chi connectivity index (χ0) is 43.8. The van der Waals surface area contributed by atoms with Gasteiger partial charge in [-0.15, -0.1) is 0 Å². The molecule has 0 heterocycles. The van der Waals surface area contributed by atoms with Crippen LogP contribution in [0, 0.1) is 0 Å². The van der Waals surface area contributed by atoms with Crippen molar-refractivity contribution in [2.75, 3.05) is 6.61 Å². The maximum atomic E-state index is 13.2. The maximum Gasteiger partial charge on any atom is 0.306 e. The number of esters is 1. The summed E-state index contributed by atoms with van der Waals surface area (Å²) in [7, 11) is 0. The highest BCUT2D eigenvalue weighted by molar-refractivity contribution is 5.77. The molecular formula is C54H95NO5. The summed E-state index contributed by atoms with van der Waals surface area (Å²) < 4.78 is 5.91. The van der Waals surface area contributed by atoms with Gasteiger partial charge in [0, 0.05) is 6.42 Å². The standard InChI is InChI=1S/C54H95NO5/c1-4-7-10-13-16-19-22-24-26-28-29-31-33-36-39-42-45-50(60-54(59)47-44-41-38-35-32-30-27-25-23-20-17-14-11-8-5-2)48-53(58)55-51(49-56)52(57)46-43-40-37-34-21-18-15-12-9-6-3/h10,13,16,19-20,22-24,26,28-29,31,50-52,56-57H,4-9,11-12,14-15,17-18,21,25,27,30,32-49H2,1-3H3,(H,55,58)/b13-10+,19-16+,23-20-,24-22+,28-26+,31-29+. The summed E-state index contributed by atoms with van der Waals surface area (Å²) in [6.45, 7) is 6.35. The summed E-state index contributed by atoms with van der Waals surface area (Å²) in [6, 6.07) is -0.718. The monoisotopic (exact) mass is 838 g/mol. The minimum absolute atomic E-state index is 0.0453.